The van der Waals surface area contributed by atoms with Crippen LogP contribution in [-0.4, -0.2) is 17.1 Å². The summed E-state index contributed by atoms with van der Waals surface area (Å²) in [7, 11) is 0. The Bertz CT molecular complexity index is 433. The predicted molar refractivity (Wildman–Crippen MR) is 82.1 cm³/mol. The van der Waals surface area contributed by atoms with Crippen LogP contribution in [0, 0.1) is 63.7 Å². The van der Waals surface area contributed by atoms with Crippen LogP contribution < -0.4 is 5.43 Å². The summed E-state index contributed by atoms with van der Waals surface area (Å²) >= 11 is 0. The van der Waals surface area contributed by atoms with Gasteiger partial charge in [-0.2, -0.15) is 5.10 Å². The topological polar surface area (TPSA) is 54.4 Å². The summed E-state index contributed by atoms with van der Waals surface area (Å²) < 4.78 is 0. The molecular formula is C17H15FeN3O+2. The first-order valence-corrected chi connectivity index (χ1v) is 6.48. The number of carbonyl (C=O) groups excluding carboxylic acids is 1. The fourth-order valence-corrected chi connectivity index (χ4v) is 1.53. The van der Waals surface area contributed by atoms with E-state index in [9.17, 15) is 4.79 Å². The standard InChI is InChI=1S/C12H10N3O.C5H5.Fe/c16-12(11-5-7-13-8-6-11)15-14-9-10-3-1-2-4-10;1-2-4-5-3-1;/h1-9H,(H,15,16);1-5H;/q;;+2/b14-9+;;. The molecule has 1 aromatic rings. The van der Waals surface area contributed by atoms with Gasteiger partial charge in [-0.25, -0.2) is 5.43 Å². The van der Waals surface area contributed by atoms with E-state index < -0.39 is 0 Å². The van der Waals surface area contributed by atoms with Crippen molar-refractivity contribution in [3.63, 3.8) is 0 Å². The quantitative estimate of drug-likeness (QED) is 0.524. The molecule has 0 atom stereocenters. The maximum atomic E-state index is 11.5. The molecule has 0 unspecified atom stereocenters. The number of amides is 1. The minimum absolute atomic E-state index is 0. The van der Waals surface area contributed by atoms with E-state index >= 15 is 0 Å². The Balaban J connectivity index is 0.000000344. The maximum absolute atomic E-state index is 11.5. The summed E-state index contributed by atoms with van der Waals surface area (Å²) in [6.07, 6.45) is 22.4. The minimum atomic E-state index is -0.245. The maximum Gasteiger partial charge on any atom is 2.00 e. The third-order valence-corrected chi connectivity index (χ3v) is 2.57. The monoisotopic (exact) mass is 333 g/mol. The van der Waals surface area contributed by atoms with Crippen LogP contribution in [0.1, 0.15) is 10.4 Å². The first-order valence-electron chi connectivity index (χ1n) is 6.48. The van der Waals surface area contributed by atoms with E-state index in [1.807, 2.05) is 57.8 Å². The molecule has 0 spiro atoms. The van der Waals surface area contributed by atoms with Crippen LogP contribution in [0.25, 0.3) is 0 Å². The summed E-state index contributed by atoms with van der Waals surface area (Å²) in [4.78, 5) is 15.4. The van der Waals surface area contributed by atoms with Crippen molar-refractivity contribution in [3.8, 4) is 0 Å². The molecule has 10 radical (unpaired) electrons. The van der Waals surface area contributed by atoms with Crippen molar-refractivity contribution in [1.29, 1.82) is 0 Å². The number of rotatable bonds is 3. The molecule has 2 saturated carbocycles. The molecule has 0 saturated heterocycles. The number of aromatic nitrogens is 1. The van der Waals surface area contributed by atoms with Gasteiger partial charge in [0.2, 0.25) is 0 Å². The number of hydrazone groups is 1. The van der Waals surface area contributed by atoms with Gasteiger partial charge in [-0.15, -0.1) is 0 Å². The van der Waals surface area contributed by atoms with Gasteiger partial charge in [-0.05, 0) is 69.9 Å². The largest absolute Gasteiger partial charge is 2.00 e. The van der Waals surface area contributed by atoms with E-state index in [1.54, 1.807) is 30.7 Å². The first-order chi connectivity index (χ1) is 10.4. The number of hydrogen-bond donors (Lipinski definition) is 1. The summed E-state index contributed by atoms with van der Waals surface area (Å²) in [5.74, 6) is 0.709. The Morgan fingerprint density at radius 3 is 2.05 bits per heavy atom. The van der Waals surface area contributed by atoms with E-state index in [1.165, 1.54) is 0 Å². The molecular weight excluding hydrogens is 318 g/mol. The van der Waals surface area contributed by atoms with Gasteiger partial charge < -0.3 is 0 Å². The summed E-state index contributed by atoms with van der Waals surface area (Å²) in [5.41, 5.74) is 2.98. The van der Waals surface area contributed by atoms with Gasteiger partial charge >= 0.3 is 17.1 Å². The van der Waals surface area contributed by atoms with Crippen LogP contribution >= 0.6 is 0 Å². The van der Waals surface area contributed by atoms with Crippen molar-refractivity contribution in [3.05, 3.63) is 93.8 Å². The summed E-state index contributed by atoms with van der Waals surface area (Å²) in [6.45, 7) is 0. The Hall–Kier alpha value is -1.19. The van der Waals surface area contributed by atoms with Gasteiger partial charge in [0.05, 0.1) is 0 Å². The number of carbonyl (C=O) groups is 1. The van der Waals surface area contributed by atoms with E-state index in [0.29, 0.717) is 5.56 Å². The van der Waals surface area contributed by atoms with Crippen LogP contribution in [0.3, 0.4) is 0 Å². The smallest absolute Gasteiger partial charge is 0.267 e. The molecule has 1 heterocycles. The van der Waals surface area contributed by atoms with Crippen molar-refractivity contribution < 1.29 is 21.9 Å². The molecule has 22 heavy (non-hydrogen) atoms. The molecule has 0 bridgehead atoms. The molecule has 2 aliphatic carbocycles. The zero-order valence-corrected chi connectivity index (χ0v) is 12.8. The van der Waals surface area contributed by atoms with Crippen LogP contribution in [0.15, 0.2) is 29.6 Å². The molecule has 1 amide bonds. The molecule has 1 N–H and O–H groups in total. The fraction of sp³-hybridized carbons (Fsp3) is 0. The molecule has 3 rings (SSSR count). The van der Waals surface area contributed by atoms with Crippen molar-refractivity contribution in [2.45, 2.75) is 0 Å². The molecule has 2 fully saturated rings. The van der Waals surface area contributed by atoms with Crippen LogP contribution in [0.5, 0.6) is 0 Å². The summed E-state index contributed by atoms with van der Waals surface area (Å²) in [6, 6.07) is 3.26. The number of nitrogens with zero attached hydrogens (tertiary/aromatic N) is 2. The van der Waals surface area contributed by atoms with E-state index in [4.69, 9.17) is 0 Å². The van der Waals surface area contributed by atoms with Crippen LogP contribution in [-0.2, 0) is 17.1 Å². The third-order valence-electron chi connectivity index (χ3n) is 2.57. The van der Waals surface area contributed by atoms with Crippen molar-refractivity contribution in [1.82, 2.24) is 10.4 Å². The number of nitrogens with one attached hydrogen (secondary N) is 1. The van der Waals surface area contributed by atoms with Gasteiger partial charge in [-0.1, -0.05) is 0 Å². The van der Waals surface area contributed by atoms with Crippen molar-refractivity contribution in [2.24, 2.45) is 5.10 Å². The zero-order valence-electron chi connectivity index (χ0n) is 11.7. The number of hydrogen-bond acceptors (Lipinski definition) is 3. The average Bonchev–Trinajstić information content (AvgIpc) is 3.24. The Kier molecular flexibility index (Phi) is 9.76. The Labute approximate surface area is 143 Å². The second-order valence-electron chi connectivity index (χ2n) is 4.12. The fourth-order valence-electron chi connectivity index (χ4n) is 1.53. The average molecular weight is 333 g/mol. The molecule has 0 aromatic carbocycles. The molecule has 0 aliphatic heterocycles. The van der Waals surface area contributed by atoms with Crippen LogP contribution in [0.4, 0.5) is 0 Å². The molecule has 110 valence electrons. The Morgan fingerprint density at radius 1 is 0.955 bits per heavy atom. The first kappa shape index (κ1) is 18.9. The van der Waals surface area contributed by atoms with Gasteiger partial charge in [0.25, 0.3) is 5.91 Å². The Morgan fingerprint density at radius 2 is 1.50 bits per heavy atom. The molecule has 2 aliphatic rings. The summed E-state index contributed by atoms with van der Waals surface area (Å²) in [5, 5.41) is 3.85. The van der Waals surface area contributed by atoms with E-state index in [-0.39, 0.29) is 23.0 Å². The molecule has 4 nitrogen and oxygen atoms in total. The van der Waals surface area contributed by atoms with Crippen molar-refractivity contribution >= 4 is 12.1 Å². The molecule has 1 aromatic heterocycles. The van der Waals surface area contributed by atoms with Crippen molar-refractivity contribution in [2.75, 3.05) is 0 Å². The number of pyridine rings is 1. The van der Waals surface area contributed by atoms with Gasteiger partial charge in [0, 0.05) is 30.1 Å². The third kappa shape index (κ3) is 7.19. The molecule has 5 heteroatoms. The minimum Gasteiger partial charge on any atom is -0.267 e. The van der Waals surface area contributed by atoms with Gasteiger partial charge in [0.1, 0.15) is 0 Å². The van der Waals surface area contributed by atoms with Gasteiger partial charge in [0.15, 0.2) is 0 Å². The van der Waals surface area contributed by atoms with Gasteiger partial charge in [-0.3, -0.25) is 9.78 Å². The zero-order chi connectivity index (χ0) is 14.8. The predicted octanol–water partition coefficient (Wildman–Crippen LogP) is 2.22. The van der Waals surface area contributed by atoms with E-state index in [2.05, 4.69) is 15.5 Å². The SMILES string of the molecule is O=C(N/N=C/[C]1[CH][CH][CH][CH]1)c1ccncc1.[CH]1[CH][CH][CH][CH]1.[Fe+2]. The second kappa shape index (κ2) is 11.4. The van der Waals surface area contributed by atoms with Crippen LogP contribution in [0.2, 0.25) is 0 Å². The normalized spacial score (nSPS) is 17.6. The second-order valence-corrected chi connectivity index (χ2v) is 4.12. The van der Waals surface area contributed by atoms with E-state index in [0.717, 1.165) is 5.92 Å².